The van der Waals surface area contributed by atoms with Crippen LogP contribution in [0.4, 0.5) is 10.1 Å². The second kappa shape index (κ2) is 8.96. The Labute approximate surface area is 198 Å². The molecule has 0 radical (unpaired) electrons. The Kier molecular flexibility index (Phi) is 6.20. The molecular formula is C23H22ClFN4O5. The number of aliphatic hydroxyl groups is 1. The van der Waals surface area contributed by atoms with Crippen molar-refractivity contribution in [1.29, 1.82) is 0 Å². The molecule has 0 saturated heterocycles. The second-order valence-electron chi connectivity index (χ2n) is 7.80. The van der Waals surface area contributed by atoms with Gasteiger partial charge in [-0.1, -0.05) is 11.6 Å². The molecule has 1 aliphatic heterocycles. The van der Waals surface area contributed by atoms with Crippen LogP contribution in [-0.2, 0) is 35.0 Å². The Hall–Kier alpha value is -3.63. The Morgan fingerprint density at radius 2 is 1.82 bits per heavy atom. The number of esters is 1. The van der Waals surface area contributed by atoms with Crippen molar-refractivity contribution in [2.45, 2.75) is 19.8 Å². The standard InChI is InChI=1S/C23H22ClFN4O5/c1-4-34-21(31)17-12-28(16-5-6-18-19(10-16)27(3)22(32)26(18)2)23(33)29(20(17)30)11-13-7-14(24)9-15(25)8-13/h5-10,12,23,33H,4,11H2,1-3H3. The Balaban J connectivity index is 1.81. The molecule has 1 N–H and O–H groups in total. The van der Waals surface area contributed by atoms with E-state index >= 15 is 0 Å². The molecule has 0 fully saturated rings. The number of carbonyl (C=O) groups is 2. The van der Waals surface area contributed by atoms with Crippen molar-refractivity contribution in [3.05, 3.63) is 75.1 Å². The summed E-state index contributed by atoms with van der Waals surface area (Å²) in [5.74, 6) is -2.24. The summed E-state index contributed by atoms with van der Waals surface area (Å²) in [6.07, 6.45) is -0.326. The van der Waals surface area contributed by atoms with E-state index in [1.807, 2.05) is 0 Å². The molecule has 3 aromatic rings. The third-order valence-electron chi connectivity index (χ3n) is 5.61. The fraction of sp³-hybridized carbons (Fsp3) is 0.261. The van der Waals surface area contributed by atoms with Crippen LogP contribution in [0, 0.1) is 5.82 Å². The van der Waals surface area contributed by atoms with Gasteiger partial charge >= 0.3 is 11.7 Å². The van der Waals surface area contributed by atoms with Crippen LogP contribution in [0.25, 0.3) is 11.0 Å². The third-order valence-corrected chi connectivity index (χ3v) is 5.83. The molecule has 1 unspecified atom stereocenters. The van der Waals surface area contributed by atoms with Crippen molar-refractivity contribution in [2.75, 3.05) is 11.5 Å². The topological polar surface area (TPSA) is 97.0 Å². The SMILES string of the molecule is CCOC(=O)C1=CN(c2ccc3c(c2)n(C)c(=O)n3C)C(O)N(Cc2cc(F)cc(Cl)c2)C1=O. The highest BCUT2D eigenvalue weighted by atomic mass is 35.5. The number of aliphatic hydroxyl groups excluding tert-OH is 1. The molecule has 0 spiro atoms. The Morgan fingerprint density at radius 1 is 1.12 bits per heavy atom. The van der Waals surface area contributed by atoms with Gasteiger partial charge in [-0.05, 0) is 48.9 Å². The van der Waals surface area contributed by atoms with Crippen LogP contribution in [0.1, 0.15) is 12.5 Å². The van der Waals surface area contributed by atoms with Gasteiger partial charge in [0.2, 0.25) is 6.35 Å². The summed E-state index contributed by atoms with van der Waals surface area (Å²) in [5.41, 5.74) is 1.45. The highest BCUT2D eigenvalue weighted by Gasteiger charge is 2.38. The zero-order chi connectivity index (χ0) is 24.7. The number of imidazole rings is 1. The molecule has 2 heterocycles. The summed E-state index contributed by atoms with van der Waals surface area (Å²) >= 11 is 5.94. The summed E-state index contributed by atoms with van der Waals surface area (Å²) < 4.78 is 21.8. The van der Waals surface area contributed by atoms with E-state index in [0.29, 0.717) is 22.3 Å². The molecule has 178 valence electrons. The monoisotopic (exact) mass is 488 g/mol. The normalized spacial score (nSPS) is 16.2. The van der Waals surface area contributed by atoms with Gasteiger partial charge in [-0.25, -0.2) is 14.0 Å². The predicted molar refractivity (Wildman–Crippen MR) is 123 cm³/mol. The molecule has 11 heteroatoms. The van der Waals surface area contributed by atoms with E-state index in [2.05, 4.69) is 0 Å². The fourth-order valence-corrected chi connectivity index (χ4v) is 4.18. The minimum Gasteiger partial charge on any atom is -0.462 e. The minimum atomic E-state index is -1.54. The van der Waals surface area contributed by atoms with E-state index in [0.717, 1.165) is 11.0 Å². The maximum absolute atomic E-state index is 13.9. The van der Waals surface area contributed by atoms with Crippen LogP contribution in [-0.4, -0.2) is 44.0 Å². The smallest absolute Gasteiger partial charge is 0.345 e. The molecule has 0 aliphatic carbocycles. The van der Waals surface area contributed by atoms with Gasteiger partial charge in [0, 0.05) is 31.0 Å². The van der Waals surface area contributed by atoms with E-state index < -0.39 is 24.0 Å². The van der Waals surface area contributed by atoms with Crippen molar-refractivity contribution in [3.63, 3.8) is 0 Å². The first-order valence-electron chi connectivity index (χ1n) is 10.4. The first-order valence-corrected chi connectivity index (χ1v) is 10.8. The lowest BCUT2D eigenvalue weighted by molar-refractivity contribution is -0.147. The van der Waals surface area contributed by atoms with Gasteiger partial charge in [0.1, 0.15) is 11.4 Å². The molecule has 9 nitrogen and oxygen atoms in total. The van der Waals surface area contributed by atoms with E-state index in [1.165, 1.54) is 32.4 Å². The largest absolute Gasteiger partial charge is 0.462 e. The van der Waals surface area contributed by atoms with Crippen molar-refractivity contribution >= 4 is 40.2 Å². The third kappa shape index (κ3) is 4.06. The lowest BCUT2D eigenvalue weighted by Gasteiger charge is -2.39. The maximum Gasteiger partial charge on any atom is 0.345 e. The number of amides is 1. The van der Waals surface area contributed by atoms with Crippen LogP contribution in [0.2, 0.25) is 5.02 Å². The molecule has 1 aliphatic rings. The quantitative estimate of drug-likeness (QED) is 0.437. The highest BCUT2D eigenvalue weighted by molar-refractivity contribution is 6.30. The van der Waals surface area contributed by atoms with Gasteiger partial charge in [0.15, 0.2) is 0 Å². The predicted octanol–water partition coefficient (Wildman–Crippen LogP) is 2.24. The van der Waals surface area contributed by atoms with Gasteiger partial charge in [0.05, 0.1) is 24.2 Å². The van der Waals surface area contributed by atoms with Gasteiger partial charge in [-0.15, -0.1) is 0 Å². The van der Waals surface area contributed by atoms with Crippen LogP contribution in [0.15, 0.2) is 53.0 Å². The van der Waals surface area contributed by atoms with E-state index in [4.69, 9.17) is 16.3 Å². The number of aryl methyl sites for hydroxylation is 2. The summed E-state index contributed by atoms with van der Waals surface area (Å²) in [4.78, 5) is 40.3. The number of hydrogen-bond acceptors (Lipinski definition) is 6. The van der Waals surface area contributed by atoms with Crippen molar-refractivity contribution < 1.29 is 23.8 Å². The minimum absolute atomic E-state index is 0.0452. The number of nitrogens with zero attached hydrogens (tertiary/aromatic N) is 4. The number of fused-ring (bicyclic) bond motifs is 1. The van der Waals surface area contributed by atoms with Crippen LogP contribution >= 0.6 is 11.6 Å². The summed E-state index contributed by atoms with van der Waals surface area (Å²) in [6, 6.07) is 8.77. The number of ether oxygens (including phenoxy) is 1. The van der Waals surface area contributed by atoms with E-state index in [9.17, 15) is 23.9 Å². The van der Waals surface area contributed by atoms with Crippen molar-refractivity contribution in [2.24, 2.45) is 14.1 Å². The van der Waals surface area contributed by atoms with Crippen molar-refractivity contribution in [3.8, 4) is 0 Å². The molecule has 34 heavy (non-hydrogen) atoms. The van der Waals surface area contributed by atoms with Crippen LogP contribution in [0.5, 0.6) is 0 Å². The number of aromatic nitrogens is 2. The molecule has 0 saturated carbocycles. The summed E-state index contributed by atoms with van der Waals surface area (Å²) in [6.45, 7) is 1.43. The molecule has 2 aromatic carbocycles. The van der Waals surface area contributed by atoms with Gasteiger partial charge in [0.25, 0.3) is 5.91 Å². The van der Waals surface area contributed by atoms with E-state index in [-0.39, 0.29) is 29.4 Å². The van der Waals surface area contributed by atoms with Gasteiger partial charge in [-0.3, -0.25) is 18.8 Å². The maximum atomic E-state index is 13.9. The first-order chi connectivity index (χ1) is 16.1. The Morgan fingerprint density at radius 3 is 2.50 bits per heavy atom. The van der Waals surface area contributed by atoms with Crippen LogP contribution < -0.4 is 10.6 Å². The molecule has 0 bridgehead atoms. The number of rotatable bonds is 5. The lowest BCUT2D eigenvalue weighted by Crippen LogP contribution is -2.54. The molecule has 4 rings (SSSR count). The number of anilines is 1. The highest BCUT2D eigenvalue weighted by Crippen LogP contribution is 2.29. The van der Waals surface area contributed by atoms with Gasteiger partial charge in [-0.2, -0.15) is 0 Å². The molecule has 1 amide bonds. The average molecular weight is 489 g/mol. The number of hydrogen-bond donors (Lipinski definition) is 1. The number of halogens is 2. The first kappa shape index (κ1) is 23.5. The second-order valence-corrected chi connectivity index (χ2v) is 8.24. The zero-order valence-electron chi connectivity index (χ0n) is 18.7. The number of carbonyl (C=O) groups excluding carboxylic acids is 2. The molecule has 1 aromatic heterocycles. The molecular weight excluding hydrogens is 467 g/mol. The van der Waals surface area contributed by atoms with Crippen LogP contribution in [0.3, 0.4) is 0 Å². The fourth-order valence-electron chi connectivity index (χ4n) is 3.94. The number of benzene rings is 2. The lowest BCUT2D eigenvalue weighted by atomic mass is 10.1. The van der Waals surface area contributed by atoms with Gasteiger partial charge < -0.3 is 14.7 Å². The summed E-state index contributed by atoms with van der Waals surface area (Å²) in [5, 5.41) is 11.2. The molecule has 1 atom stereocenters. The van der Waals surface area contributed by atoms with Crippen molar-refractivity contribution in [1.82, 2.24) is 14.0 Å². The average Bonchev–Trinajstić information content (AvgIpc) is 3.00. The van der Waals surface area contributed by atoms with E-state index in [1.54, 1.807) is 39.2 Å². The summed E-state index contributed by atoms with van der Waals surface area (Å²) in [7, 11) is 3.26. The Bertz CT molecular complexity index is 1380. The zero-order valence-corrected chi connectivity index (χ0v) is 19.4.